The molecule has 0 aliphatic carbocycles. The maximum absolute atomic E-state index is 11.7. The Morgan fingerprint density at radius 1 is 1.44 bits per heavy atom. The fourth-order valence-electron chi connectivity index (χ4n) is 1.87. The number of H-pyrrole nitrogens is 1. The summed E-state index contributed by atoms with van der Waals surface area (Å²) in [6, 6.07) is 5.66. The Morgan fingerprint density at radius 3 is 3.06 bits per heavy atom. The zero-order valence-corrected chi connectivity index (χ0v) is 10.5. The molecular formula is C13H18N4O. The molecule has 96 valence electrons. The highest BCUT2D eigenvalue weighted by molar-refractivity contribution is 5.92. The Hall–Kier alpha value is -1.88. The van der Waals surface area contributed by atoms with Gasteiger partial charge in [-0.25, -0.2) is 4.98 Å². The summed E-state index contributed by atoms with van der Waals surface area (Å²) in [4.78, 5) is 19.1. The van der Waals surface area contributed by atoms with E-state index in [1.807, 2.05) is 25.1 Å². The number of hydrogen-bond acceptors (Lipinski definition) is 3. The first-order valence-corrected chi connectivity index (χ1v) is 6.15. The fourth-order valence-corrected chi connectivity index (χ4v) is 1.87. The lowest BCUT2D eigenvalue weighted by Gasteiger charge is -2.04. The number of fused-ring (bicyclic) bond motifs is 1. The van der Waals surface area contributed by atoms with Gasteiger partial charge in [-0.1, -0.05) is 0 Å². The van der Waals surface area contributed by atoms with Crippen molar-refractivity contribution < 1.29 is 4.79 Å². The first-order chi connectivity index (χ1) is 8.69. The lowest BCUT2D eigenvalue weighted by molar-refractivity contribution is -0.116. The normalized spacial score (nSPS) is 10.8. The molecule has 2 rings (SSSR count). The quantitative estimate of drug-likeness (QED) is 0.705. The molecule has 0 atom stereocenters. The van der Waals surface area contributed by atoms with Gasteiger partial charge in [0.15, 0.2) is 0 Å². The summed E-state index contributed by atoms with van der Waals surface area (Å²) < 4.78 is 0. The highest BCUT2D eigenvalue weighted by Crippen LogP contribution is 2.17. The van der Waals surface area contributed by atoms with E-state index in [0.717, 1.165) is 35.4 Å². The Balaban J connectivity index is 2.00. The van der Waals surface area contributed by atoms with Gasteiger partial charge in [-0.15, -0.1) is 0 Å². The van der Waals surface area contributed by atoms with Crippen LogP contribution in [0.3, 0.4) is 0 Å². The van der Waals surface area contributed by atoms with Crippen LogP contribution in [0, 0.1) is 6.92 Å². The number of imidazole rings is 1. The summed E-state index contributed by atoms with van der Waals surface area (Å²) >= 11 is 0. The van der Waals surface area contributed by atoms with Crippen LogP contribution in [0.5, 0.6) is 0 Å². The second-order valence-electron chi connectivity index (χ2n) is 4.35. The van der Waals surface area contributed by atoms with E-state index in [0.29, 0.717) is 13.0 Å². The second-order valence-corrected chi connectivity index (χ2v) is 4.35. The molecule has 1 heterocycles. The third-order valence-corrected chi connectivity index (χ3v) is 2.74. The van der Waals surface area contributed by atoms with E-state index in [9.17, 15) is 4.79 Å². The van der Waals surface area contributed by atoms with Gasteiger partial charge in [-0.3, -0.25) is 4.79 Å². The first-order valence-electron chi connectivity index (χ1n) is 6.15. The molecule has 0 spiro atoms. The van der Waals surface area contributed by atoms with E-state index in [4.69, 9.17) is 5.73 Å². The molecule has 0 saturated carbocycles. The number of nitrogens with two attached hydrogens (primary N) is 1. The summed E-state index contributed by atoms with van der Waals surface area (Å²) in [5.74, 6) is 0.899. The van der Waals surface area contributed by atoms with Gasteiger partial charge in [0.25, 0.3) is 0 Å². The number of unbranched alkanes of at least 4 members (excludes halogenated alkanes) is 1. The summed E-state index contributed by atoms with van der Waals surface area (Å²) in [6.45, 7) is 2.54. The van der Waals surface area contributed by atoms with Crippen LogP contribution in [-0.4, -0.2) is 22.4 Å². The number of aryl methyl sites for hydroxylation is 1. The first kappa shape index (κ1) is 12.6. The van der Waals surface area contributed by atoms with Crippen LogP contribution in [0.15, 0.2) is 18.2 Å². The predicted molar refractivity (Wildman–Crippen MR) is 72.4 cm³/mol. The van der Waals surface area contributed by atoms with Crippen molar-refractivity contribution >= 4 is 22.6 Å². The SMILES string of the molecule is Cc1nc2ccc(NC(=O)CCCCN)cc2[nH]1. The van der Waals surface area contributed by atoms with Gasteiger partial charge in [-0.2, -0.15) is 0 Å². The Morgan fingerprint density at radius 2 is 2.28 bits per heavy atom. The van der Waals surface area contributed by atoms with Crippen LogP contribution < -0.4 is 11.1 Å². The highest BCUT2D eigenvalue weighted by atomic mass is 16.1. The zero-order valence-electron chi connectivity index (χ0n) is 10.5. The van der Waals surface area contributed by atoms with Gasteiger partial charge in [0.1, 0.15) is 5.82 Å². The number of carbonyl (C=O) groups excluding carboxylic acids is 1. The number of aromatic nitrogens is 2. The van der Waals surface area contributed by atoms with Crippen LogP contribution in [0.25, 0.3) is 11.0 Å². The number of hydrogen-bond donors (Lipinski definition) is 3. The molecule has 0 aliphatic rings. The third-order valence-electron chi connectivity index (χ3n) is 2.74. The molecule has 2 aromatic rings. The third kappa shape index (κ3) is 3.07. The van der Waals surface area contributed by atoms with Crippen LogP contribution in [-0.2, 0) is 4.79 Å². The van der Waals surface area contributed by atoms with Gasteiger partial charge in [0, 0.05) is 12.1 Å². The molecule has 0 fully saturated rings. The molecule has 1 aromatic carbocycles. The van der Waals surface area contributed by atoms with Crippen LogP contribution in [0.2, 0.25) is 0 Å². The average molecular weight is 246 g/mol. The van der Waals surface area contributed by atoms with Gasteiger partial charge in [0.2, 0.25) is 5.91 Å². The van der Waals surface area contributed by atoms with Crippen molar-refractivity contribution in [3.05, 3.63) is 24.0 Å². The standard InChI is InChI=1S/C13H18N4O/c1-9-15-11-6-5-10(8-12(11)16-9)17-13(18)4-2-3-7-14/h5-6,8H,2-4,7,14H2,1H3,(H,15,16)(H,17,18). The summed E-state index contributed by atoms with van der Waals surface area (Å²) in [6.07, 6.45) is 2.22. The molecule has 1 amide bonds. The minimum atomic E-state index is 0.0269. The molecule has 5 nitrogen and oxygen atoms in total. The van der Waals surface area contributed by atoms with Gasteiger partial charge in [-0.05, 0) is 44.5 Å². The molecule has 0 aliphatic heterocycles. The maximum Gasteiger partial charge on any atom is 0.224 e. The van der Waals surface area contributed by atoms with E-state index < -0.39 is 0 Å². The smallest absolute Gasteiger partial charge is 0.224 e. The van der Waals surface area contributed by atoms with Crippen molar-refractivity contribution in [3.8, 4) is 0 Å². The molecule has 0 unspecified atom stereocenters. The number of aromatic amines is 1. The number of nitrogens with one attached hydrogen (secondary N) is 2. The van der Waals surface area contributed by atoms with E-state index in [2.05, 4.69) is 15.3 Å². The Labute approximate surface area is 106 Å². The van der Waals surface area contributed by atoms with E-state index in [-0.39, 0.29) is 5.91 Å². The average Bonchev–Trinajstić information content (AvgIpc) is 2.69. The summed E-state index contributed by atoms with van der Waals surface area (Å²) in [5, 5.41) is 2.87. The van der Waals surface area contributed by atoms with E-state index in [1.165, 1.54) is 0 Å². The molecule has 0 bridgehead atoms. The molecular weight excluding hydrogens is 228 g/mol. The van der Waals surface area contributed by atoms with E-state index >= 15 is 0 Å². The predicted octanol–water partition coefficient (Wildman–Crippen LogP) is 1.94. The van der Waals surface area contributed by atoms with Crippen LogP contribution in [0.1, 0.15) is 25.1 Å². The molecule has 5 heteroatoms. The van der Waals surface area contributed by atoms with Gasteiger partial charge >= 0.3 is 0 Å². The molecule has 1 aromatic heterocycles. The lowest BCUT2D eigenvalue weighted by Crippen LogP contribution is -2.11. The van der Waals surface area contributed by atoms with Crippen LogP contribution in [0.4, 0.5) is 5.69 Å². The molecule has 0 saturated heterocycles. The number of amides is 1. The van der Waals surface area contributed by atoms with E-state index in [1.54, 1.807) is 0 Å². The van der Waals surface area contributed by atoms with Crippen molar-refractivity contribution in [3.63, 3.8) is 0 Å². The number of nitrogens with zero attached hydrogens (tertiary/aromatic N) is 1. The molecule has 0 radical (unpaired) electrons. The number of anilines is 1. The van der Waals surface area contributed by atoms with Gasteiger partial charge in [0.05, 0.1) is 11.0 Å². The molecule has 18 heavy (non-hydrogen) atoms. The lowest BCUT2D eigenvalue weighted by atomic mass is 10.2. The number of carbonyl (C=O) groups is 1. The summed E-state index contributed by atoms with van der Waals surface area (Å²) in [5.41, 5.74) is 8.03. The van der Waals surface area contributed by atoms with Gasteiger partial charge < -0.3 is 16.0 Å². The largest absolute Gasteiger partial charge is 0.342 e. The van der Waals surface area contributed by atoms with Crippen molar-refractivity contribution in [1.82, 2.24) is 9.97 Å². The van der Waals surface area contributed by atoms with Crippen molar-refractivity contribution in [1.29, 1.82) is 0 Å². The fraction of sp³-hybridized carbons (Fsp3) is 0.385. The number of rotatable bonds is 5. The Kier molecular flexibility index (Phi) is 3.94. The molecule has 4 N–H and O–H groups in total. The van der Waals surface area contributed by atoms with Crippen molar-refractivity contribution in [2.24, 2.45) is 5.73 Å². The summed E-state index contributed by atoms with van der Waals surface area (Å²) in [7, 11) is 0. The van der Waals surface area contributed by atoms with Crippen LogP contribution >= 0.6 is 0 Å². The number of benzene rings is 1. The van der Waals surface area contributed by atoms with Crippen molar-refractivity contribution in [2.45, 2.75) is 26.2 Å². The zero-order chi connectivity index (χ0) is 13.0. The highest BCUT2D eigenvalue weighted by Gasteiger charge is 2.04. The van der Waals surface area contributed by atoms with Crippen molar-refractivity contribution in [2.75, 3.05) is 11.9 Å². The minimum absolute atomic E-state index is 0.0269. The maximum atomic E-state index is 11.7. The monoisotopic (exact) mass is 246 g/mol. The second kappa shape index (κ2) is 5.64. The topological polar surface area (TPSA) is 83.8 Å². The minimum Gasteiger partial charge on any atom is -0.342 e. The Bertz CT molecular complexity index is 547.